The molecular weight excluding hydrogens is 203 g/mol. The van der Waals surface area contributed by atoms with Crippen LogP contribution < -0.4 is 5.32 Å². The Balaban J connectivity index is 2.60. The lowest BCUT2D eigenvalue weighted by molar-refractivity contribution is 0.621. The minimum Gasteiger partial charge on any atom is -0.364 e. The summed E-state index contributed by atoms with van der Waals surface area (Å²) in [7, 11) is -0.889. The second kappa shape index (κ2) is 5.05. The molecule has 0 aliphatic heterocycles. The molecule has 0 aromatic carbocycles. The van der Waals surface area contributed by atoms with Gasteiger partial charge in [-0.1, -0.05) is 0 Å². The van der Waals surface area contributed by atoms with Crippen LogP contribution in [0.1, 0.15) is 6.92 Å². The topological polar surface area (TPSA) is 42.0 Å². The van der Waals surface area contributed by atoms with Crippen molar-refractivity contribution in [2.24, 2.45) is 0 Å². The van der Waals surface area contributed by atoms with E-state index in [-0.39, 0.29) is 17.7 Å². The maximum absolute atomic E-state index is 13.1. The quantitative estimate of drug-likeness (QED) is 0.827. The normalized spacial score (nSPS) is 14.8. The average Bonchev–Trinajstić information content (AvgIpc) is 2.07. The first-order chi connectivity index (χ1) is 6.59. The van der Waals surface area contributed by atoms with E-state index in [9.17, 15) is 8.60 Å². The zero-order valence-electron chi connectivity index (χ0n) is 8.16. The molecule has 78 valence electrons. The molecule has 0 amide bonds. The molecule has 5 heteroatoms. The Morgan fingerprint density at radius 3 is 3.00 bits per heavy atom. The van der Waals surface area contributed by atoms with Crippen molar-refractivity contribution in [2.75, 3.05) is 17.3 Å². The Morgan fingerprint density at radius 2 is 2.43 bits per heavy atom. The first-order valence-corrected chi connectivity index (χ1v) is 5.99. The highest BCUT2D eigenvalue weighted by Gasteiger charge is 2.07. The Labute approximate surface area is 85.2 Å². The minimum atomic E-state index is -0.889. The fraction of sp³-hybridized carbons (Fsp3) is 0.444. The molecule has 1 rings (SSSR count). The van der Waals surface area contributed by atoms with Crippen LogP contribution in [0.4, 0.5) is 10.2 Å². The van der Waals surface area contributed by atoms with Crippen molar-refractivity contribution in [3.8, 4) is 0 Å². The Bertz CT molecular complexity index is 332. The van der Waals surface area contributed by atoms with Crippen molar-refractivity contribution in [1.29, 1.82) is 0 Å². The van der Waals surface area contributed by atoms with E-state index in [0.717, 1.165) is 0 Å². The molecule has 14 heavy (non-hydrogen) atoms. The smallest absolute Gasteiger partial charge is 0.165 e. The monoisotopic (exact) mass is 216 g/mol. The highest BCUT2D eigenvalue weighted by atomic mass is 32.2. The highest BCUT2D eigenvalue weighted by molar-refractivity contribution is 7.84. The molecule has 1 heterocycles. The van der Waals surface area contributed by atoms with Crippen molar-refractivity contribution >= 4 is 16.6 Å². The molecule has 0 saturated carbocycles. The third kappa shape index (κ3) is 3.41. The van der Waals surface area contributed by atoms with Gasteiger partial charge >= 0.3 is 0 Å². The summed E-state index contributed by atoms with van der Waals surface area (Å²) in [6, 6.07) is 2.82. The van der Waals surface area contributed by atoms with Gasteiger partial charge in [0.15, 0.2) is 11.6 Å². The molecule has 1 aromatic rings. The summed E-state index contributed by atoms with van der Waals surface area (Å²) in [5.41, 5.74) is 0. The summed E-state index contributed by atoms with van der Waals surface area (Å²) in [6.07, 6.45) is 3.13. The largest absolute Gasteiger partial charge is 0.364 e. The van der Waals surface area contributed by atoms with E-state index in [1.54, 1.807) is 6.26 Å². The Morgan fingerprint density at radius 1 is 1.71 bits per heavy atom. The minimum absolute atomic E-state index is 0.0507. The van der Waals surface area contributed by atoms with Crippen LogP contribution in [0.5, 0.6) is 0 Å². The molecule has 2 unspecified atom stereocenters. The maximum Gasteiger partial charge on any atom is 0.165 e. The summed E-state index contributed by atoms with van der Waals surface area (Å²) < 4.78 is 24.0. The molecular formula is C9H13FN2OS. The number of nitrogens with zero attached hydrogens (tertiary/aromatic N) is 1. The fourth-order valence-corrected chi connectivity index (χ4v) is 1.91. The third-order valence-corrected chi connectivity index (χ3v) is 2.60. The zero-order chi connectivity index (χ0) is 10.6. The average molecular weight is 216 g/mol. The number of pyridine rings is 1. The van der Waals surface area contributed by atoms with Crippen molar-refractivity contribution in [2.45, 2.75) is 13.0 Å². The molecule has 1 N–H and O–H groups in total. The molecule has 0 radical (unpaired) electrons. The van der Waals surface area contributed by atoms with Crippen LogP contribution >= 0.6 is 0 Å². The van der Waals surface area contributed by atoms with Crippen LogP contribution in [0, 0.1) is 5.82 Å². The van der Waals surface area contributed by atoms with Gasteiger partial charge in [-0.25, -0.2) is 9.37 Å². The van der Waals surface area contributed by atoms with Crippen molar-refractivity contribution in [3.05, 3.63) is 24.1 Å². The van der Waals surface area contributed by atoms with Gasteiger partial charge in [-0.2, -0.15) is 0 Å². The number of rotatable bonds is 4. The van der Waals surface area contributed by atoms with Crippen LogP contribution in [0.3, 0.4) is 0 Å². The number of anilines is 1. The lowest BCUT2D eigenvalue weighted by Gasteiger charge is -2.12. The SMILES string of the molecule is CC(CS(C)=O)Nc1ncccc1F. The molecule has 0 bridgehead atoms. The van der Waals surface area contributed by atoms with Crippen LogP contribution in [0.15, 0.2) is 18.3 Å². The standard InChI is InChI=1S/C9H13FN2OS/c1-7(6-14(2)13)12-9-8(10)4-3-5-11-9/h3-5,7H,6H2,1-2H3,(H,11,12). The first-order valence-electron chi connectivity index (χ1n) is 4.26. The molecule has 2 atom stereocenters. The molecule has 0 fully saturated rings. The van der Waals surface area contributed by atoms with Gasteiger partial charge in [0.1, 0.15) is 0 Å². The molecule has 0 saturated heterocycles. The van der Waals surface area contributed by atoms with E-state index in [0.29, 0.717) is 5.75 Å². The molecule has 1 aromatic heterocycles. The van der Waals surface area contributed by atoms with Gasteiger partial charge in [-0.15, -0.1) is 0 Å². The lowest BCUT2D eigenvalue weighted by atomic mass is 10.3. The van der Waals surface area contributed by atoms with Crippen LogP contribution in [0.25, 0.3) is 0 Å². The van der Waals surface area contributed by atoms with Crippen molar-refractivity contribution in [1.82, 2.24) is 4.98 Å². The summed E-state index contributed by atoms with van der Waals surface area (Å²) in [4.78, 5) is 3.84. The van der Waals surface area contributed by atoms with Crippen LogP contribution in [0.2, 0.25) is 0 Å². The Kier molecular flexibility index (Phi) is 4.00. The van der Waals surface area contributed by atoms with E-state index in [1.165, 1.54) is 18.3 Å². The summed E-state index contributed by atoms with van der Waals surface area (Å²) in [5, 5.41) is 2.86. The molecule has 3 nitrogen and oxygen atoms in total. The van der Waals surface area contributed by atoms with E-state index in [4.69, 9.17) is 0 Å². The fourth-order valence-electron chi connectivity index (χ4n) is 1.12. The number of halogens is 1. The summed E-state index contributed by atoms with van der Waals surface area (Å²) >= 11 is 0. The van der Waals surface area contributed by atoms with Gasteiger partial charge < -0.3 is 5.32 Å². The number of hydrogen-bond donors (Lipinski definition) is 1. The predicted octanol–water partition coefficient (Wildman–Crippen LogP) is 1.40. The summed E-state index contributed by atoms with van der Waals surface area (Å²) in [5.74, 6) is 0.308. The van der Waals surface area contributed by atoms with Gasteiger partial charge in [0, 0.05) is 35.0 Å². The highest BCUT2D eigenvalue weighted by Crippen LogP contribution is 2.09. The van der Waals surface area contributed by atoms with Gasteiger partial charge in [-0.3, -0.25) is 4.21 Å². The van der Waals surface area contributed by atoms with Gasteiger partial charge in [0.2, 0.25) is 0 Å². The zero-order valence-corrected chi connectivity index (χ0v) is 8.97. The second-order valence-electron chi connectivity index (χ2n) is 3.12. The van der Waals surface area contributed by atoms with Gasteiger partial charge in [-0.05, 0) is 19.1 Å². The first kappa shape index (κ1) is 11.1. The number of hydrogen-bond acceptors (Lipinski definition) is 3. The molecule has 0 aliphatic carbocycles. The third-order valence-electron chi connectivity index (χ3n) is 1.63. The van der Waals surface area contributed by atoms with E-state index >= 15 is 0 Å². The number of aromatic nitrogens is 1. The lowest BCUT2D eigenvalue weighted by Crippen LogP contribution is -2.23. The van der Waals surface area contributed by atoms with Crippen molar-refractivity contribution in [3.63, 3.8) is 0 Å². The predicted molar refractivity (Wildman–Crippen MR) is 56.2 cm³/mol. The van der Waals surface area contributed by atoms with E-state index < -0.39 is 10.8 Å². The van der Waals surface area contributed by atoms with Crippen molar-refractivity contribution < 1.29 is 8.60 Å². The maximum atomic E-state index is 13.1. The van der Waals surface area contributed by atoms with Crippen LogP contribution in [-0.2, 0) is 10.8 Å². The van der Waals surface area contributed by atoms with Gasteiger partial charge in [0.25, 0.3) is 0 Å². The Hall–Kier alpha value is -0.970. The van der Waals surface area contributed by atoms with Crippen LogP contribution in [-0.4, -0.2) is 27.2 Å². The van der Waals surface area contributed by atoms with E-state index in [1.807, 2.05) is 6.92 Å². The summed E-state index contributed by atoms with van der Waals surface area (Å²) in [6.45, 7) is 1.84. The van der Waals surface area contributed by atoms with E-state index in [2.05, 4.69) is 10.3 Å². The van der Waals surface area contributed by atoms with Gasteiger partial charge in [0.05, 0.1) is 0 Å². The molecule has 0 spiro atoms. The molecule has 0 aliphatic rings. The second-order valence-corrected chi connectivity index (χ2v) is 4.60. The number of nitrogens with one attached hydrogen (secondary N) is 1.